The van der Waals surface area contributed by atoms with Crippen molar-refractivity contribution >= 4 is 27.7 Å². The van der Waals surface area contributed by atoms with Crippen LogP contribution < -0.4 is 10.0 Å². The number of nitrogens with one attached hydrogen (secondary N) is 2. The van der Waals surface area contributed by atoms with E-state index in [1.54, 1.807) is 19.1 Å². The summed E-state index contributed by atoms with van der Waals surface area (Å²) in [4.78, 5) is 22.8. The fourth-order valence-corrected chi connectivity index (χ4v) is 2.73. The van der Waals surface area contributed by atoms with Gasteiger partial charge in [0.05, 0.1) is 16.1 Å². The van der Waals surface area contributed by atoms with E-state index >= 15 is 0 Å². The number of carboxylic acids is 1. The molecule has 2 amide bonds. The van der Waals surface area contributed by atoms with Gasteiger partial charge in [-0.15, -0.1) is 0 Å². The zero-order valence-corrected chi connectivity index (χ0v) is 12.9. The lowest BCUT2D eigenvalue weighted by Gasteiger charge is -2.10. The predicted octanol–water partition coefficient (Wildman–Crippen LogP) is 2.20. The number of sulfonamides is 1. The summed E-state index contributed by atoms with van der Waals surface area (Å²) in [6.07, 6.45) is 0. The Morgan fingerprint density at radius 2 is 1.61 bits per heavy atom. The molecule has 2 aromatic rings. The maximum absolute atomic E-state index is 12.1. The zero-order chi connectivity index (χ0) is 17.0. The number of anilines is 1. The molecule has 3 N–H and O–H groups in total. The normalized spacial score (nSPS) is 10.8. The van der Waals surface area contributed by atoms with Crippen LogP contribution in [0.3, 0.4) is 0 Å². The van der Waals surface area contributed by atoms with E-state index in [-0.39, 0.29) is 16.1 Å². The molecule has 2 rings (SSSR count). The number of hydrogen-bond donors (Lipinski definition) is 3. The molecule has 8 heteroatoms. The number of benzene rings is 2. The van der Waals surface area contributed by atoms with E-state index in [9.17, 15) is 18.0 Å². The minimum Gasteiger partial charge on any atom is -0.478 e. The first-order chi connectivity index (χ1) is 10.8. The summed E-state index contributed by atoms with van der Waals surface area (Å²) in [6.45, 7) is 1.80. The molecule has 7 nitrogen and oxygen atoms in total. The molecule has 0 saturated carbocycles. The van der Waals surface area contributed by atoms with Gasteiger partial charge in [-0.2, -0.15) is 0 Å². The summed E-state index contributed by atoms with van der Waals surface area (Å²) in [6, 6.07) is 10.6. The van der Waals surface area contributed by atoms with Gasteiger partial charge in [0.2, 0.25) is 0 Å². The molecular weight excluding hydrogens is 320 g/mol. The third-order valence-corrected chi connectivity index (χ3v) is 4.31. The van der Waals surface area contributed by atoms with E-state index < -0.39 is 22.0 Å². The molecule has 0 aromatic heterocycles. The first-order valence-electron chi connectivity index (χ1n) is 6.52. The Hall–Kier alpha value is -2.87. The molecule has 0 radical (unpaired) electrons. The van der Waals surface area contributed by atoms with Crippen LogP contribution in [0.4, 0.5) is 10.5 Å². The van der Waals surface area contributed by atoms with Crippen molar-refractivity contribution in [2.45, 2.75) is 11.8 Å². The number of para-hydroxylation sites is 1. The predicted molar refractivity (Wildman–Crippen MR) is 83.9 cm³/mol. The average Bonchev–Trinajstić information content (AvgIpc) is 2.47. The lowest BCUT2D eigenvalue weighted by Crippen LogP contribution is -2.34. The van der Waals surface area contributed by atoms with E-state index in [1.165, 1.54) is 36.4 Å². The highest BCUT2D eigenvalue weighted by atomic mass is 32.2. The second-order valence-corrected chi connectivity index (χ2v) is 6.41. The van der Waals surface area contributed by atoms with Crippen molar-refractivity contribution in [1.29, 1.82) is 0 Å². The van der Waals surface area contributed by atoms with Crippen molar-refractivity contribution in [2.24, 2.45) is 0 Å². The molecule has 0 bridgehead atoms. The van der Waals surface area contributed by atoms with Crippen LogP contribution in [0.2, 0.25) is 0 Å². The van der Waals surface area contributed by atoms with E-state index in [4.69, 9.17) is 5.11 Å². The van der Waals surface area contributed by atoms with Crippen LogP contribution in [-0.4, -0.2) is 25.5 Å². The monoisotopic (exact) mass is 334 g/mol. The van der Waals surface area contributed by atoms with Gasteiger partial charge in [0.25, 0.3) is 10.0 Å². The number of carbonyl (C=O) groups excluding carboxylic acids is 1. The highest BCUT2D eigenvalue weighted by molar-refractivity contribution is 7.90. The minimum atomic E-state index is -4.04. The Morgan fingerprint density at radius 3 is 2.22 bits per heavy atom. The molecule has 23 heavy (non-hydrogen) atoms. The number of aromatic carboxylic acids is 1. The summed E-state index contributed by atoms with van der Waals surface area (Å²) in [5, 5.41) is 11.2. The fourth-order valence-electron chi connectivity index (χ4n) is 1.82. The largest absolute Gasteiger partial charge is 0.478 e. The molecule has 0 saturated heterocycles. The highest BCUT2D eigenvalue weighted by Crippen LogP contribution is 2.15. The van der Waals surface area contributed by atoms with Crippen LogP contribution >= 0.6 is 0 Å². The van der Waals surface area contributed by atoms with Gasteiger partial charge in [-0.25, -0.2) is 22.7 Å². The molecule has 0 spiro atoms. The van der Waals surface area contributed by atoms with Crippen molar-refractivity contribution in [3.8, 4) is 0 Å². The minimum absolute atomic E-state index is 0.00314. The first-order valence-corrected chi connectivity index (χ1v) is 8.01. The molecule has 2 aromatic carbocycles. The number of hydrogen-bond acceptors (Lipinski definition) is 4. The zero-order valence-electron chi connectivity index (χ0n) is 12.1. The second-order valence-electron chi connectivity index (χ2n) is 4.72. The Kier molecular flexibility index (Phi) is 4.65. The Morgan fingerprint density at radius 1 is 1.00 bits per heavy atom. The summed E-state index contributed by atoms with van der Waals surface area (Å²) in [5.41, 5.74) is 0.732. The van der Waals surface area contributed by atoms with Crippen LogP contribution in [0.25, 0.3) is 0 Å². The van der Waals surface area contributed by atoms with Crippen LogP contribution in [0.15, 0.2) is 53.4 Å². The summed E-state index contributed by atoms with van der Waals surface area (Å²) in [5.74, 6) is -1.23. The van der Waals surface area contributed by atoms with Gasteiger partial charge in [0.1, 0.15) is 0 Å². The lowest BCUT2D eigenvalue weighted by atomic mass is 10.2. The highest BCUT2D eigenvalue weighted by Gasteiger charge is 2.19. The van der Waals surface area contributed by atoms with Gasteiger partial charge < -0.3 is 10.4 Å². The summed E-state index contributed by atoms with van der Waals surface area (Å²) in [7, 11) is -4.04. The number of carboxylic acid groups (broad SMARTS) is 1. The van der Waals surface area contributed by atoms with Gasteiger partial charge in [-0.3, -0.25) is 0 Å². The van der Waals surface area contributed by atoms with Crippen LogP contribution in [0.1, 0.15) is 15.9 Å². The van der Waals surface area contributed by atoms with E-state index in [2.05, 4.69) is 5.32 Å². The maximum Gasteiger partial charge on any atom is 0.337 e. The molecule has 0 aliphatic rings. The molecule has 0 aliphatic carbocycles. The van der Waals surface area contributed by atoms with E-state index in [1.807, 2.05) is 4.72 Å². The number of amides is 2. The maximum atomic E-state index is 12.1. The first kappa shape index (κ1) is 16.5. The standard InChI is InChI=1S/C15H14N2O5S/c1-10-6-8-11(9-7-10)23(21,22)17-15(20)16-13-5-3-2-4-12(13)14(18)19/h2-9H,1H3,(H,18,19)(H2,16,17,20). The second kappa shape index (κ2) is 6.49. The van der Waals surface area contributed by atoms with Gasteiger partial charge in [0.15, 0.2) is 0 Å². The Balaban J connectivity index is 2.16. The van der Waals surface area contributed by atoms with Crippen molar-refractivity contribution in [3.63, 3.8) is 0 Å². The van der Waals surface area contributed by atoms with Crippen molar-refractivity contribution in [1.82, 2.24) is 4.72 Å². The summed E-state index contributed by atoms with van der Waals surface area (Å²) < 4.78 is 26.0. The molecule has 0 fully saturated rings. The topological polar surface area (TPSA) is 113 Å². The van der Waals surface area contributed by atoms with Gasteiger partial charge in [-0.1, -0.05) is 29.8 Å². The SMILES string of the molecule is Cc1ccc(S(=O)(=O)NC(=O)Nc2ccccc2C(=O)O)cc1. The quantitative estimate of drug-likeness (QED) is 0.793. The number of urea groups is 1. The van der Waals surface area contributed by atoms with E-state index in [0.717, 1.165) is 5.56 Å². The molecule has 0 heterocycles. The molecule has 0 aliphatic heterocycles. The van der Waals surface area contributed by atoms with Gasteiger partial charge >= 0.3 is 12.0 Å². The van der Waals surface area contributed by atoms with Crippen LogP contribution in [-0.2, 0) is 10.0 Å². The van der Waals surface area contributed by atoms with E-state index in [0.29, 0.717) is 0 Å². The number of aryl methyl sites for hydroxylation is 1. The Bertz CT molecular complexity index is 844. The summed E-state index contributed by atoms with van der Waals surface area (Å²) >= 11 is 0. The third kappa shape index (κ3) is 4.07. The number of carbonyl (C=O) groups is 2. The van der Waals surface area contributed by atoms with Gasteiger partial charge in [-0.05, 0) is 31.2 Å². The third-order valence-electron chi connectivity index (χ3n) is 2.96. The van der Waals surface area contributed by atoms with Crippen molar-refractivity contribution < 1.29 is 23.1 Å². The van der Waals surface area contributed by atoms with Crippen LogP contribution in [0, 0.1) is 6.92 Å². The van der Waals surface area contributed by atoms with Crippen molar-refractivity contribution in [3.05, 3.63) is 59.7 Å². The molecule has 120 valence electrons. The number of rotatable bonds is 4. The average molecular weight is 334 g/mol. The van der Waals surface area contributed by atoms with Gasteiger partial charge in [0, 0.05) is 0 Å². The molecule has 0 atom stereocenters. The Labute approximate surface area is 133 Å². The molecular formula is C15H14N2O5S. The fraction of sp³-hybridized carbons (Fsp3) is 0.0667. The lowest BCUT2D eigenvalue weighted by molar-refractivity contribution is 0.0698. The van der Waals surface area contributed by atoms with Crippen LogP contribution in [0.5, 0.6) is 0 Å². The van der Waals surface area contributed by atoms with Crippen molar-refractivity contribution in [2.75, 3.05) is 5.32 Å². The molecule has 0 unspecified atom stereocenters. The smallest absolute Gasteiger partial charge is 0.337 e.